The topological polar surface area (TPSA) is 21.3 Å². The van der Waals surface area contributed by atoms with Gasteiger partial charge in [0.1, 0.15) is 11.6 Å². The Kier molecular flexibility index (Phi) is 5.15. The predicted molar refractivity (Wildman–Crippen MR) is 82.6 cm³/mol. The van der Waals surface area contributed by atoms with Gasteiger partial charge in [0, 0.05) is 10.0 Å². The SMILES string of the molecule is CCOc1ccc(C(NC)c2ccccc2F)c(Br)c1. The second-order valence-corrected chi connectivity index (χ2v) is 5.21. The molecule has 0 heterocycles. The molecular formula is C16H17BrFNO. The average molecular weight is 338 g/mol. The Morgan fingerprint density at radius 2 is 1.95 bits per heavy atom. The molecule has 2 rings (SSSR count). The summed E-state index contributed by atoms with van der Waals surface area (Å²) in [6.07, 6.45) is 0. The van der Waals surface area contributed by atoms with Gasteiger partial charge in [0.25, 0.3) is 0 Å². The first-order chi connectivity index (χ1) is 9.67. The highest BCUT2D eigenvalue weighted by Crippen LogP contribution is 2.32. The van der Waals surface area contributed by atoms with Gasteiger partial charge in [-0.3, -0.25) is 0 Å². The van der Waals surface area contributed by atoms with Gasteiger partial charge in [0.05, 0.1) is 12.6 Å². The lowest BCUT2D eigenvalue weighted by Gasteiger charge is -2.20. The molecule has 0 aliphatic rings. The van der Waals surface area contributed by atoms with E-state index in [-0.39, 0.29) is 11.9 Å². The van der Waals surface area contributed by atoms with Crippen LogP contribution in [0.15, 0.2) is 46.9 Å². The fourth-order valence-electron chi connectivity index (χ4n) is 2.19. The highest BCUT2D eigenvalue weighted by molar-refractivity contribution is 9.10. The number of hydrogen-bond acceptors (Lipinski definition) is 2. The monoisotopic (exact) mass is 337 g/mol. The summed E-state index contributed by atoms with van der Waals surface area (Å²) in [6, 6.07) is 12.3. The lowest BCUT2D eigenvalue weighted by Crippen LogP contribution is -2.19. The normalized spacial score (nSPS) is 12.2. The summed E-state index contributed by atoms with van der Waals surface area (Å²) in [5.41, 5.74) is 1.60. The van der Waals surface area contributed by atoms with Crippen LogP contribution < -0.4 is 10.1 Å². The van der Waals surface area contributed by atoms with Gasteiger partial charge >= 0.3 is 0 Å². The van der Waals surface area contributed by atoms with Crippen LogP contribution in [-0.4, -0.2) is 13.7 Å². The minimum absolute atomic E-state index is 0.207. The van der Waals surface area contributed by atoms with E-state index in [0.29, 0.717) is 12.2 Å². The molecule has 1 N–H and O–H groups in total. The number of hydrogen-bond donors (Lipinski definition) is 1. The lowest BCUT2D eigenvalue weighted by atomic mass is 9.98. The fourth-order valence-corrected chi connectivity index (χ4v) is 2.77. The number of benzene rings is 2. The van der Waals surface area contributed by atoms with E-state index in [1.807, 2.05) is 38.2 Å². The van der Waals surface area contributed by atoms with E-state index in [1.54, 1.807) is 12.1 Å². The van der Waals surface area contributed by atoms with Crippen LogP contribution in [0.4, 0.5) is 4.39 Å². The number of rotatable bonds is 5. The van der Waals surface area contributed by atoms with Gasteiger partial charge < -0.3 is 10.1 Å². The molecule has 0 saturated carbocycles. The van der Waals surface area contributed by atoms with Crippen molar-refractivity contribution in [2.75, 3.05) is 13.7 Å². The second-order valence-electron chi connectivity index (χ2n) is 4.36. The van der Waals surface area contributed by atoms with Crippen molar-refractivity contribution < 1.29 is 9.13 Å². The van der Waals surface area contributed by atoms with Crippen molar-refractivity contribution in [2.24, 2.45) is 0 Å². The quantitative estimate of drug-likeness (QED) is 0.878. The zero-order valence-corrected chi connectivity index (χ0v) is 13.1. The third-order valence-electron chi connectivity index (χ3n) is 3.10. The fraction of sp³-hybridized carbons (Fsp3) is 0.250. The maximum absolute atomic E-state index is 14.0. The van der Waals surface area contributed by atoms with Crippen LogP contribution in [0.5, 0.6) is 5.75 Å². The molecule has 0 bridgehead atoms. The molecule has 106 valence electrons. The van der Waals surface area contributed by atoms with E-state index < -0.39 is 0 Å². The van der Waals surface area contributed by atoms with E-state index in [2.05, 4.69) is 21.2 Å². The highest BCUT2D eigenvalue weighted by Gasteiger charge is 2.18. The first-order valence-electron chi connectivity index (χ1n) is 6.51. The smallest absolute Gasteiger partial charge is 0.128 e. The summed E-state index contributed by atoms with van der Waals surface area (Å²) in [6.45, 7) is 2.56. The Balaban J connectivity index is 2.40. The van der Waals surface area contributed by atoms with E-state index in [4.69, 9.17) is 4.74 Å². The van der Waals surface area contributed by atoms with Crippen LogP contribution >= 0.6 is 15.9 Å². The molecule has 0 radical (unpaired) electrons. The molecule has 0 spiro atoms. The highest BCUT2D eigenvalue weighted by atomic mass is 79.9. The molecule has 0 fully saturated rings. The third kappa shape index (κ3) is 3.19. The van der Waals surface area contributed by atoms with E-state index >= 15 is 0 Å². The molecule has 2 aromatic carbocycles. The molecule has 4 heteroatoms. The van der Waals surface area contributed by atoms with E-state index in [0.717, 1.165) is 15.8 Å². The molecule has 2 nitrogen and oxygen atoms in total. The van der Waals surface area contributed by atoms with Gasteiger partial charge in [-0.1, -0.05) is 40.2 Å². The maximum Gasteiger partial charge on any atom is 0.128 e. The molecule has 0 aliphatic heterocycles. The van der Waals surface area contributed by atoms with Crippen LogP contribution in [0, 0.1) is 5.82 Å². The van der Waals surface area contributed by atoms with Crippen LogP contribution in [0.1, 0.15) is 24.1 Å². The molecular weight excluding hydrogens is 321 g/mol. The summed E-state index contributed by atoms with van der Waals surface area (Å²) in [5, 5.41) is 3.16. The van der Waals surface area contributed by atoms with Crippen molar-refractivity contribution in [3.8, 4) is 5.75 Å². The van der Waals surface area contributed by atoms with Crippen LogP contribution in [0.25, 0.3) is 0 Å². The van der Waals surface area contributed by atoms with Gasteiger partial charge in [-0.2, -0.15) is 0 Å². The van der Waals surface area contributed by atoms with Crippen molar-refractivity contribution >= 4 is 15.9 Å². The Hall–Kier alpha value is -1.39. The van der Waals surface area contributed by atoms with Gasteiger partial charge in [-0.25, -0.2) is 4.39 Å². The Labute approximate surface area is 127 Å². The third-order valence-corrected chi connectivity index (χ3v) is 3.79. The molecule has 0 aliphatic carbocycles. The lowest BCUT2D eigenvalue weighted by molar-refractivity contribution is 0.340. The van der Waals surface area contributed by atoms with Crippen molar-refractivity contribution in [1.29, 1.82) is 0 Å². The minimum Gasteiger partial charge on any atom is -0.494 e. The largest absolute Gasteiger partial charge is 0.494 e. The molecule has 0 saturated heterocycles. The van der Waals surface area contributed by atoms with Gasteiger partial charge in [-0.05, 0) is 37.7 Å². The number of halogens is 2. The van der Waals surface area contributed by atoms with Crippen molar-refractivity contribution in [1.82, 2.24) is 5.32 Å². The molecule has 20 heavy (non-hydrogen) atoms. The van der Waals surface area contributed by atoms with Gasteiger partial charge in [-0.15, -0.1) is 0 Å². The maximum atomic E-state index is 14.0. The van der Waals surface area contributed by atoms with Crippen molar-refractivity contribution in [2.45, 2.75) is 13.0 Å². The van der Waals surface area contributed by atoms with E-state index in [1.165, 1.54) is 6.07 Å². The van der Waals surface area contributed by atoms with Crippen molar-refractivity contribution in [3.63, 3.8) is 0 Å². The zero-order valence-electron chi connectivity index (χ0n) is 11.5. The molecule has 2 aromatic rings. The van der Waals surface area contributed by atoms with Crippen LogP contribution in [-0.2, 0) is 0 Å². The molecule has 0 amide bonds. The molecule has 0 aromatic heterocycles. The molecule has 1 atom stereocenters. The second kappa shape index (κ2) is 6.86. The molecule has 1 unspecified atom stereocenters. The first kappa shape index (κ1) is 15.0. The Morgan fingerprint density at radius 1 is 1.20 bits per heavy atom. The summed E-state index contributed by atoms with van der Waals surface area (Å²) in [4.78, 5) is 0. The summed E-state index contributed by atoms with van der Waals surface area (Å²) in [7, 11) is 1.82. The van der Waals surface area contributed by atoms with Crippen LogP contribution in [0.2, 0.25) is 0 Å². The van der Waals surface area contributed by atoms with Gasteiger partial charge in [0.2, 0.25) is 0 Å². The minimum atomic E-state index is -0.215. The van der Waals surface area contributed by atoms with Crippen LogP contribution in [0.3, 0.4) is 0 Å². The summed E-state index contributed by atoms with van der Waals surface area (Å²) >= 11 is 3.54. The summed E-state index contributed by atoms with van der Waals surface area (Å²) < 4.78 is 20.3. The predicted octanol–water partition coefficient (Wildman–Crippen LogP) is 4.30. The average Bonchev–Trinajstić information content (AvgIpc) is 2.44. The zero-order chi connectivity index (χ0) is 14.5. The Bertz CT molecular complexity index is 588. The standard InChI is InChI=1S/C16H17BrFNO/c1-3-20-11-8-9-12(14(17)10-11)16(19-2)13-6-4-5-7-15(13)18/h4-10,16,19H,3H2,1-2H3. The Morgan fingerprint density at radius 3 is 2.55 bits per heavy atom. The number of nitrogens with one attached hydrogen (secondary N) is 1. The first-order valence-corrected chi connectivity index (χ1v) is 7.30. The summed E-state index contributed by atoms with van der Waals surface area (Å²) in [5.74, 6) is 0.583. The van der Waals surface area contributed by atoms with E-state index in [9.17, 15) is 4.39 Å². The van der Waals surface area contributed by atoms with Crippen molar-refractivity contribution in [3.05, 3.63) is 63.9 Å². The van der Waals surface area contributed by atoms with Gasteiger partial charge in [0.15, 0.2) is 0 Å². The number of ether oxygens (including phenoxy) is 1.